The van der Waals surface area contributed by atoms with Crippen LogP contribution < -0.4 is 0 Å². The van der Waals surface area contributed by atoms with Crippen LogP contribution in [-0.4, -0.2) is 18.5 Å². The van der Waals surface area contributed by atoms with Crippen molar-refractivity contribution in [2.24, 2.45) is 0 Å². The van der Waals surface area contributed by atoms with E-state index in [-0.39, 0.29) is 48.5 Å². The molecule has 17 heteroatoms. The summed E-state index contributed by atoms with van der Waals surface area (Å²) in [4.78, 5) is 0. The normalized spacial score (nSPS) is 24.6. The fourth-order valence-corrected chi connectivity index (χ4v) is 3.53. The van der Waals surface area contributed by atoms with E-state index in [0.29, 0.717) is 0 Å². The summed E-state index contributed by atoms with van der Waals surface area (Å²) < 4.78 is 211. The summed E-state index contributed by atoms with van der Waals surface area (Å²) in [5, 5.41) is 0. The van der Waals surface area contributed by atoms with Crippen LogP contribution in [0.2, 0.25) is 0 Å². The second-order valence-electron chi connectivity index (χ2n) is 7.70. The molecular formula is C21H9F15O2. The van der Waals surface area contributed by atoms with Gasteiger partial charge in [0, 0.05) is 11.1 Å². The smallest absolute Gasteiger partial charge is 0.450 e. The number of ether oxygens (including phenoxy) is 2. The zero-order valence-corrected chi connectivity index (χ0v) is 17.7. The fraction of sp³-hybridized carbons (Fsp3) is 0.333. The Morgan fingerprint density at radius 1 is 0.526 bits per heavy atom. The molecule has 2 atom stereocenters. The van der Waals surface area contributed by atoms with Crippen molar-refractivity contribution in [3.05, 3.63) is 82.6 Å². The number of hydrogen-bond acceptors (Lipinski definition) is 2. The van der Waals surface area contributed by atoms with E-state index in [4.69, 9.17) is 0 Å². The van der Waals surface area contributed by atoms with E-state index in [1.54, 1.807) is 0 Å². The van der Waals surface area contributed by atoms with Crippen molar-refractivity contribution in [3.8, 4) is 0 Å². The zero-order valence-electron chi connectivity index (χ0n) is 17.7. The SMILES string of the molecule is FC(F)(F)/C=C1\OC(c2ccc(C(F)(F)F)cc2)(C(F)(F)F)OC1(c1ccc(C(F)(F)F)cc1)C(F)(F)F. The molecule has 0 bridgehead atoms. The molecule has 2 aromatic rings. The van der Waals surface area contributed by atoms with E-state index in [1.165, 1.54) is 0 Å². The summed E-state index contributed by atoms with van der Waals surface area (Å²) in [6.07, 6.45) is -29.8. The average molecular weight is 578 g/mol. The van der Waals surface area contributed by atoms with Gasteiger partial charge in [0.15, 0.2) is 5.76 Å². The molecule has 38 heavy (non-hydrogen) atoms. The monoisotopic (exact) mass is 578 g/mol. The molecule has 2 unspecified atom stereocenters. The van der Waals surface area contributed by atoms with Crippen LogP contribution in [0.1, 0.15) is 22.3 Å². The molecule has 2 nitrogen and oxygen atoms in total. The van der Waals surface area contributed by atoms with Crippen LogP contribution in [0.3, 0.4) is 0 Å². The molecule has 0 N–H and O–H groups in total. The number of benzene rings is 2. The van der Waals surface area contributed by atoms with Gasteiger partial charge in [-0.3, -0.25) is 0 Å². The quantitative estimate of drug-likeness (QED) is 0.334. The van der Waals surface area contributed by atoms with E-state index >= 15 is 0 Å². The molecule has 1 aliphatic rings. The Bertz CT molecular complexity index is 1180. The van der Waals surface area contributed by atoms with Gasteiger partial charge >= 0.3 is 36.7 Å². The van der Waals surface area contributed by atoms with Crippen LogP contribution in [0, 0.1) is 0 Å². The maximum atomic E-state index is 14.4. The van der Waals surface area contributed by atoms with Crippen molar-refractivity contribution in [2.75, 3.05) is 0 Å². The Balaban J connectivity index is 2.36. The fourth-order valence-electron chi connectivity index (χ4n) is 3.53. The van der Waals surface area contributed by atoms with Crippen molar-refractivity contribution in [3.63, 3.8) is 0 Å². The summed E-state index contributed by atoms with van der Waals surface area (Å²) in [5.41, 5.74) is -11.3. The van der Waals surface area contributed by atoms with Crippen LogP contribution in [0.15, 0.2) is 60.4 Å². The van der Waals surface area contributed by atoms with Crippen LogP contribution in [0.5, 0.6) is 0 Å². The molecule has 0 radical (unpaired) electrons. The Labute approximate surface area is 201 Å². The minimum absolute atomic E-state index is 0.0194. The van der Waals surface area contributed by atoms with Crippen molar-refractivity contribution in [2.45, 2.75) is 42.3 Å². The number of alkyl halides is 15. The van der Waals surface area contributed by atoms with Gasteiger partial charge in [0.2, 0.25) is 5.60 Å². The third kappa shape index (κ3) is 5.11. The summed E-state index contributed by atoms with van der Waals surface area (Å²) in [7, 11) is 0. The number of rotatable bonds is 2. The lowest BCUT2D eigenvalue weighted by Crippen LogP contribution is -2.49. The molecule has 210 valence electrons. The van der Waals surface area contributed by atoms with Crippen molar-refractivity contribution in [1.29, 1.82) is 0 Å². The van der Waals surface area contributed by atoms with E-state index in [2.05, 4.69) is 9.47 Å². The molecule has 1 fully saturated rings. The number of hydrogen-bond donors (Lipinski definition) is 0. The van der Waals surface area contributed by atoms with Crippen LogP contribution >= 0.6 is 0 Å². The molecule has 3 rings (SSSR count). The van der Waals surface area contributed by atoms with Crippen molar-refractivity contribution in [1.82, 2.24) is 0 Å². The van der Waals surface area contributed by atoms with Crippen LogP contribution in [-0.2, 0) is 33.2 Å². The minimum atomic E-state index is -6.25. The summed E-state index contributed by atoms with van der Waals surface area (Å²) in [6.45, 7) is 0. The van der Waals surface area contributed by atoms with Gasteiger partial charge in [0.05, 0.1) is 17.2 Å². The van der Waals surface area contributed by atoms with Gasteiger partial charge in [-0.25, -0.2) is 0 Å². The number of halogens is 15. The van der Waals surface area contributed by atoms with Gasteiger partial charge in [-0.15, -0.1) is 0 Å². The van der Waals surface area contributed by atoms with Gasteiger partial charge in [0.1, 0.15) is 0 Å². The molecule has 1 aliphatic heterocycles. The highest BCUT2D eigenvalue weighted by Crippen LogP contribution is 2.63. The van der Waals surface area contributed by atoms with E-state index in [1.807, 2.05) is 0 Å². The highest BCUT2D eigenvalue weighted by atomic mass is 19.4. The van der Waals surface area contributed by atoms with Gasteiger partial charge in [-0.05, 0) is 24.3 Å². The molecule has 0 spiro atoms. The highest BCUT2D eigenvalue weighted by molar-refractivity contribution is 5.41. The van der Waals surface area contributed by atoms with Gasteiger partial charge in [-0.2, -0.15) is 65.9 Å². The largest absolute Gasteiger partial charge is 0.460 e. The first kappa shape index (κ1) is 29.4. The van der Waals surface area contributed by atoms with E-state index in [0.717, 1.165) is 0 Å². The average Bonchev–Trinajstić information content (AvgIpc) is 3.08. The van der Waals surface area contributed by atoms with Crippen LogP contribution in [0.4, 0.5) is 65.9 Å². The predicted molar refractivity (Wildman–Crippen MR) is 94.7 cm³/mol. The maximum Gasteiger partial charge on any atom is 0.460 e. The Kier molecular flexibility index (Phi) is 6.75. The third-order valence-electron chi connectivity index (χ3n) is 5.18. The Morgan fingerprint density at radius 2 is 0.921 bits per heavy atom. The zero-order chi connectivity index (χ0) is 29.2. The van der Waals surface area contributed by atoms with E-state index < -0.39 is 76.4 Å². The van der Waals surface area contributed by atoms with Crippen molar-refractivity contribution < 1.29 is 75.3 Å². The molecule has 1 heterocycles. The topological polar surface area (TPSA) is 18.5 Å². The van der Waals surface area contributed by atoms with Gasteiger partial charge < -0.3 is 9.47 Å². The minimum Gasteiger partial charge on any atom is -0.450 e. The molecule has 0 saturated carbocycles. The molecule has 0 aliphatic carbocycles. The predicted octanol–water partition coefficient (Wildman–Crippen LogP) is 8.39. The second-order valence-corrected chi connectivity index (χ2v) is 7.70. The number of allylic oxidation sites excluding steroid dienone is 1. The summed E-state index contributed by atoms with van der Waals surface area (Å²) in [6, 6.07) is -0.331. The first-order valence-corrected chi connectivity index (χ1v) is 9.62. The molecule has 0 amide bonds. The lowest BCUT2D eigenvalue weighted by atomic mass is 9.89. The molecule has 0 aromatic heterocycles. The lowest BCUT2D eigenvalue weighted by molar-refractivity contribution is -0.386. The molecule has 2 aromatic carbocycles. The first-order chi connectivity index (χ1) is 16.9. The summed E-state index contributed by atoms with van der Waals surface area (Å²) >= 11 is 0. The highest BCUT2D eigenvalue weighted by Gasteiger charge is 2.77. The van der Waals surface area contributed by atoms with Gasteiger partial charge in [-0.1, -0.05) is 24.3 Å². The Morgan fingerprint density at radius 3 is 1.24 bits per heavy atom. The standard InChI is InChI=1S/C21H9F15O2/c22-15(23,24)9-14-16(20(31,32)33,10-1-5-12(6-2-10)18(25,26)27)38-17(37-14,21(34,35)36)11-3-7-13(8-4-11)19(28,29)30/h1-9H/b14-9-. The Hall–Kier alpha value is -3.11. The van der Waals surface area contributed by atoms with E-state index in [9.17, 15) is 65.9 Å². The molecule has 1 saturated heterocycles. The third-order valence-corrected chi connectivity index (χ3v) is 5.18. The van der Waals surface area contributed by atoms with Crippen LogP contribution in [0.25, 0.3) is 0 Å². The molecular weight excluding hydrogens is 569 g/mol. The first-order valence-electron chi connectivity index (χ1n) is 9.62. The lowest BCUT2D eigenvalue weighted by Gasteiger charge is -2.34. The van der Waals surface area contributed by atoms with Gasteiger partial charge in [0.25, 0.3) is 0 Å². The summed E-state index contributed by atoms with van der Waals surface area (Å²) in [5.74, 6) is -7.35. The second kappa shape index (κ2) is 8.71. The maximum absolute atomic E-state index is 14.4. The van der Waals surface area contributed by atoms with Crippen molar-refractivity contribution >= 4 is 0 Å².